The van der Waals surface area contributed by atoms with E-state index < -0.39 is 0 Å². The normalized spacial score (nSPS) is 10.3. The zero-order chi connectivity index (χ0) is 17.5. The number of carbonyl (C=O) groups is 2. The van der Waals surface area contributed by atoms with Gasteiger partial charge in [0, 0.05) is 31.0 Å². The van der Waals surface area contributed by atoms with Crippen LogP contribution in [0.25, 0.3) is 0 Å². The van der Waals surface area contributed by atoms with E-state index in [1.165, 1.54) is 7.11 Å². The molecule has 1 aromatic heterocycles. The monoisotopic (exact) mass is 326 g/mol. The molecule has 0 N–H and O–H groups in total. The van der Waals surface area contributed by atoms with Gasteiger partial charge in [0.25, 0.3) is 5.91 Å². The summed E-state index contributed by atoms with van der Waals surface area (Å²) in [4.78, 5) is 30.0. The number of amides is 1. The Hall–Kier alpha value is -2.69. The first-order chi connectivity index (χ1) is 11.5. The summed E-state index contributed by atoms with van der Waals surface area (Å²) in [6, 6.07) is 9.37. The lowest BCUT2D eigenvalue weighted by atomic mass is 10.1. The third-order valence-electron chi connectivity index (χ3n) is 3.95. The lowest BCUT2D eigenvalue weighted by Gasteiger charge is -2.23. The van der Waals surface area contributed by atoms with Crippen LogP contribution in [0.5, 0.6) is 0 Å². The van der Waals surface area contributed by atoms with Gasteiger partial charge in [-0.2, -0.15) is 0 Å². The second-order valence-electron chi connectivity index (χ2n) is 5.71. The van der Waals surface area contributed by atoms with Gasteiger partial charge >= 0.3 is 5.97 Å². The van der Waals surface area contributed by atoms with E-state index in [-0.39, 0.29) is 18.3 Å². The molecule has 1 heterocycles. The summed E-state index contributed by atoms with van der Waals surface area (Å²) in [7, 11) is 1.35. The Balaban J connectivity index is 2.20. The molecule has 1 amide bonds. The summed E-state index contributed by atoms with van der Waals surface area (Å²) >= 11 is 0. The maximum atomic E-state index is 12.9. The minimum absolute atomic E-state index is 0.106. The van der Waals surface area contributed by atoms with Crippen LogP contribution < -0.4 is 0 Å². The van der Waals surface area contributed by atoms with E-state index in [1.807, 2.05) is 44.2 Å². The number of aryl methyl sites for hydroxylation is 2. The standard InChI is InChI=1S/C19H22N2O3/c1-14-6-7-17(11-15(14)2)19(23)21(10-8-18(22)24-3)13-16-5-4-9-20-12-16/h4-7,9,11-12H,8,10,13H2,1-3H3. The van der Waals surface area contributed by atoms with Gasteiger partial charge in [0.2, 0.25) is 0 Å². The van der Waals surface area contributed by atoms with E-state index in [9.17, 15) is 9.59 Å². The number of benzene rings is 1. The number of pyridine rings is 1. The number of rotatable bonds is 6. The van der Waals surface area contributed by atoms with Crippen molar-refractivity contribution in [3.63, 3.8) is 0 Å². The molecule has 24 heavy (non-hydrogen) atoms. The second-order valence-corrected chi connectivity index (χ2v) is 5.71. The fraction of sp³-hybridized carbons (Fsp3) is 0.316. The maximum absolute atomic E-state index is 12.9. The van der Waals surface area contributed by atoms with Crippen molar-refractivity contribution in [1.29, 1.82) is 0 Å². The van der Waals surface area contributed by atoms with E-state index in [1.54, 1.807) is 17.3 Å². The summed E-state index contributed by atoms with van der Waals surface area (Å²) in [5.74, 6) is -0.440. The first-order valence-corrected chi connectivity index (χ1v) is 7.83. The van der Waals surface area contributed by atoms with Crippen molar-refractivity contribution in [3.05, 3.63) is 65.0 Å². The van der Waals surface area contributed by atoms with Crippen LogP contribution in [0.4, 0.5) is 0 Å². The minimum Gasteiger partial charge on any atom is -0.469 e. The number of esters is 1. The molecule has 2 rings (SSSR count). The Labute approximate surface area is 142 Å². The quantitative estimate of drug-likeness (QED) is 0.766. The Morgan fingerprint density at radius 3 is 2.58 bits per heavy atom. The number of hydrogen-bond donors (Lipinski definition) is 0. The van der Waals surface area contributed by atoms with Crippen molar-refractivity contribution >= 4 is 11.9 Å². The summed E-state index contributed by atoms with van der Waals surface area (Å²) in [5, 5.41) is 0. The SMILES string of the molecule is COC(=O)CCN(Cc1cccnc1)C(=O)c1ccc(C)c(C)c1. The molecule has 5 nitrogen and oxygen atoms in total. The molecular formula is C19H22N2O3. The van der Waals surface area contributed by atoms with Gasteiger partial charge in [-0.3, -0.25) is 14.6 Å². The zero-order valence-electron chi connectivity index (χ0n) is 14.3. The first-order valence-electron chi connectivity index (χ1n) is 7.83. The predicted molar refractivity (Wildman–Crippen MR) is 91.5 cm³/mol. The average Bonchev–Trinajstić information content (AvgIpc) is 2.60. The fourth-order valence-corrected chi connectivity index (χ4v) is 2.35. The number of aromatic nitrogens is 1. The van der Waals surface area contributed by atoms with E-state index >= 15 is 0 Å². The van der Waals surface area contributed by atoms with E-state index in [4.69, 9.17) is 0 Å². The molecule has 0 aliphatic heterocycles. The van der Waals surface area contributed by atoms with Crippen LogP contribution in [-0.2, 0) is 16.1 Å². The topological polar surface area (TPSA) is 59.5 Å². The number of methoxy groups -OCH3 is 1. The highest BCUT2D eigenvalue weighted by atomic mass is 16.5. The van der Waals surface area contributed by atoms with Crippen molar-refractivity contribution < 1.29 is 14.3 Å². The van der Waals surface area contributed by atoms with Crippen molar-refractivity contribution in [3.8, 4) is 0 Å². The molecule has 0 spiro atoms. The molecule has 0 unspecified atom stereocenters. The minimum atomic E-state index is -0.334. The van der Waals surface area contributed by atoms with Gasteiger partial charge in [-0.25, -0.2) is 0 Å². The first kappa shape index (κ1) is 17.7. The lowest BCUT2D eigenvalue weighted by molar-refractivity contribution is -0.140. The third kappa shape index (κ3) is 4.65. The summed E-state index contributed by atoms with van der Waals surface area (Å²) in [5.41, 5.74) is 3.74. The van der Waals surface area contributed by atoms with Gasteiger partial charge in [0.1, 0.15) is 0 Å². The molecular weight excluding hydrogens is 304 g/mol. The molecule has 2 aromatic rings. The van der Waals surface area contributed by atoms with Gasteiger partial charge < -0.3 is 9.64 Å². The highest BCUT2D eigenvalue weighted by molar-refractivity contribution is 5.94. The van der Waals surface area contributed by atoms with Crippen molar-refractivity contribution in [2.24, 2.45) is 0 Å². The molecule has 0 aliphatic rings. The Morgan fingerprint density at radius 1 is 1.17 bits per heavy atom. The number of ether oxygens (including phenoxy) is 1. The second kappa shape index (κ2) is 8.24. The van der Waals surface area contributed by atoms with Crippen molar-refractivity contribution in [1.82, 2.24) is 9.88 Å². The van der Waals surface area contributed by atoms with Gasteiger partial charge in [-0.1, -0.05) is 12.1 Å². The molecule has 126 valence electrons. The summed E-state index contributed by atoms with van der Waals surface area (Å²) < 4.78 is 4.68. The molecule has 0 bridgehead atoms. The highest BCUT2D eigenvalue weighted by Crippen LogP contribution is 2.14. The van der Waals surface area contributed by atoms with Gasteiger partial charge in [-0.15, -0.1) is 0 Å². The molecule has 0 saturated heterocycles. The Morgan fingerprint density at radius 2 is 1.96 bits per heavy atom. The molecule has 5 heteroatoms. The zero-order valence-corrected chi connectivity index (χ0v) is 14.3. The van der Waals surface area contributed by atoms with Gasteiger partial charge in [0.15, 0.2) is 0 Å². The van der Waals surface area contributed by atoms with Gasteiger partial charge in [0.05, 0.1) is 13.5 Å². The number of hydrogen-bond acceptors (Lipinski definition) is 4. The van der Waals surface area contributed by atoms with E-state index in [0.717, 1.165) is 16.7 Å². The molecule has 0 saturated carbocycles. The van der Waals surface area contributed by atoms with Crippen LogP contribution in [0.1, 0.15) is 33.5 Å². The predicted octanol–water partition coefficient (Wildman–Crippen LogP) is 2.90. The largest absolute Gasteiger partial charge is 0.469 e. The summed E-state index contributed by atoms with van der Waals surface area (Å²) in [6.45, 7) is 4.68. The fourth-order valence-electron chi connectivity index (χ4n) is 2.35. The average molecular weight is 326 g/mol. The number of carbonyl (C=O) groups excluding carboxylic acids is 2. The van der Waals surface area contributed by atoms with Crippen LogP contribution >= 0.6 is 0 Å². The molecule has 0 aliphatic carbocycles. The Kier molecular flexibility index (Phi) is 6.07. The van der Waals surface area contributed by atoms with Crippen molar-refractivity contribution in [2.75, 3.05) is 13.7 Å². The molecule has 0 fully saturated rings. The Bertz CT molecular complexity index is 714. The lowest BCUT2D eigenvalue weighted by Crippen LogP contribution is -2.33. The molecule has 0 atom stereocenters. The van der Waals surface area contributed by atoms with Crippen molar-refractivity contribution in [2.45, 2.75) is 26.8 Å². The molecule has 1 aromatic carbocycles. The van der Waals surface area contributed by atoms with E-state index in [0.29, 0.717) is 18.7 Å². The van der Waals surface area contributed by atoms with Crippen LogP contribution in [0.3, 0.4) is 0 Å². The van der Waals surface area contributed by atoms with Crippen LogP contribution in [0.2, 0.25) is 0 Å². The van der Waals surface area contributed by atoms with Crippen LogP contribution in [0.15, 0.2) is 42.7 Å². The van der Waals surface area contributed by atoms with E-state index in [2.05, 4.69) is 9.72 Å². The number of nitrogens with zero attached hydrogens (tertiary/aromatic N) is 2. The van der Waals surface area contributed by atoms with Gasteiger partial charge in [-0.05, 0) is 48.7 Å². The maximum Gasteiger partial charge on any atom is 0.307 e. The highest BCUT2D eigenvalue weighted by Gasteiger charge is 2.18. The van der Waals surface area contributed by atoms with Crippen LogP contribution in [0, 0.1) is 13.8 Å². The smallest absolute Gasteiger partial charge is 0.307 e. The summed E-state index contributed by atoms with van der Waals surface area (Å²) in [6.07, 6.45) is 3.57. The third-order valence-corrected chi connectivity index (χ3v) is 3.95. The van der Waals surface area contributed by atoms with Crippen LogP contribution in [-0.4, -0.2) is 35.4 Å². The molecule has 0 radical (unpaired) electrons.